The summed E-state index contributed by atoms with van der Waals surface area (Å²) >= 11 is 0. The van der Waals surface area contributed by atoms with Crippen molar-refractivity contribution in [1.82, 2.24) is 0 Å². The summed E-state index contributed by atoms with van der Waals surface area (Å²) in [5, 5.41) is 0. The minimum absolute atomic E-state index is 0.568. The zero-order valence-corrected chi connectivity index (χ0v) is 9.41. The average Bonchev–Trinajstić information content (AvgIpc) is 2.22. The van der Waals surface area contributed by atoms with Crippen LogP contribution in [0.3, 0.4) is 0 Å². The van der Waals surface area contributed by atoms with Gasteiger partial charge in [0.1, 0.15) is 18.6 Å². The zero-order chi connectivity index (χ0) is 11.3. The van der Waals surface area contributed by atoms with Crippen molar-refractivity contribution in [3.05, 3.63) is 41.0 Å². The summed E-state index contributed by atoms with van der Waals surface area (Å²) in [6, 6.07) is 3.68. The Bertz CT molecular complexity index is 355. The number of aldehydes is 1. The molecule has 0 aliphatic rings. The number of carbonyl (C=O) groups is 1. The van der Waals surface area contributed by atoms with Crippen LogP contribution in [0, 0.1) is 13.8 Å². The van der Waals surface area contributed by atoms with Crippen molar-refractivity contribution in [2.75, 3.05) is 6.61 Å². The number of hydrogen-bond acceptors (Lipinski definition) is 2. The van der Waals surface area contributed by atoms with Crippen LogP contribution in [0.2, 0.25) is 0 Å². The van der Waals surface area contributed by atoms with Crippen LogP contribution >= 0.6 is 0 Å². The molecule has 0 amide bonds. The topological polar surface area (TPSA) is 26.3 Å². The van der Waals surface area contributed by atoms with E-state index in [-0.39, 0.29) is 0 Å². The first-order valence-electron chi connectivity index (χ1n) is 4.99. The highest BCUT2D eigenvalue weighted by atomic mass is 16.5. The molecule has 0 atom stereocenters. The van der Waals surface area contributed by atoms with Gasteiger partial charge in [-0.05, 0) is 44.0 Å². The SMILES string of the molecule is C/C=C/COc1c(C)cc(C=O)cc1C. The Kier molecular flexibility index (Phi) is 4.10. The van der Waals surface area contributed by atoms with Gasteiger partial charge < -0.3 is 4.74 Å². The highest BCUT2D eigenvalue weighted by molar-refractivity contribution is 5.76. The number of allylic oxidation sites excluding steroid dienone is 1. The number of aryl methyl sites for hydroxylation is 2. The van der Waals surface area contributed by atoms with Gasteiger partial charge in [0, 0.05) is 5.56 Å². The summed E-state index contributed by atoms with van der Waals surface area (Å²) in [6.45, 7) is 6.42. The van der Waals surface area contributed by atoms with Crippen LogP contribution in [0.4, 0.5) is 0 Å². The highest BCUT2D eigenvalue weighted by Gasteiger charge is 2.05. The average molecular weight is 204 g/mol. The summed E-state index contributed by atoms with van der Waals surface area (Å²) in [6.07, 6.45) is 4.76. The maximum absolute atomic E-state index is 10.6. The van der Waals surface area contributed by atoms with Gasteiger partial charge in [-0.3, -0.25) is 4.79 Å². The van der Waals surface area contributed by atoms with Gasteiger partial charge in [0.05, 0.1) is 0 Å². The van der Waals surface area contributed by atoms with Crippen molar-refractivity contribution in [1.29, 1.82) is 0 Å². The van der Waals surface area contributed by atoms with E-state index in [1.807, 2.05) is 45.1 Å². The van der Waals surface area contributed by atoms with Crippen molar-refractivity contribution in [2.45, 2.75) is 20.8 Å². The van der Waals surface area contributed by atoms with E-state index in [4.69, 9.17) is 4.74 Å². The second-order valence-electron chi connectivity index (χ2n) is 3.48. The Morgan fingerprint density at radius 3 is 2.33 bits per heavy atom. The van der Waals surface area contributed by atoms with Gasteiger partial charge in [-0.25, -0.2) is 0 Å². The molecular weight excluding hydrogens is 188 g/mol. The molecule has 80 valence electrons. The summed E-state index contributed by atoms with van der Waals surface area (Å²) in [7, 11) is 0. The molecular formula is C13H16O2. The number of ether oxygens (including phenoxy) is 1. The van der Waals surface area contributed by atoms with Crippen LogP contribution < -0.4 is 4.74 Å². The maximum atomic E-state index is 10.6. The van der Waals surface area contributed by atoms with Gasteiger partial charge in [-0.15, -0.1) is 0 Å². The predicted octanol–water partition coefficient (Wildman–Crippen LogP) is 3.07. The van der Waals surface area contributed by atoms with Crippen LogP contribution in [0.15, 0.2) is 24.3 Å². The molecule has 0 spiro atoms. The van der Waals surface area contributed by atoms with E-state index in [1.54, 1.807) is 0 Å². The molecule has 0 aliphatic heterocycles. The third-order valence-corrected chi connectivity index (χ3v) is 2.18. The highest BCUT2D eigenvalue weighted by Crippen LogP contribution is 2.24. The van der Waals surface area contributed by atoms with E-state index in [0.717, 1.165) is 23.2 Å². The van der Waals surface area contributed by atoms with Gasteiger partial charge in [0.2, 0.25) is 0 Å². The maximum Gasteiger partial charge on any atom is 0.150 e. The number of benzene rings is 1. The molecule has 2 heteroatoms. The molecule has 0 aromatic heterocycles. The molecule has 0 bridgehead atoms. The second kappa shape index (κ2) is 5.35. The molecule has 0 unspecified atom stereocenters. The third-order valence-electron chi connectivity index (χ3n) is 2.18. The molecule has 15 heavy (non-hydrogen) atoms. The smallest absolute Gasteiger partial charge is 0.150 e. The molecule has 0 aliphatic carbocycles. The monoisotopic (exact) mass is 204 g/mol. The van der Waals surface area contributed by atoms with Gasteiger partial charge in [0.25, 0.3) is 0 Å². The Morgan fingerprint density at radius 2 is 1.87 bits per heavy atom. The van der Waals surface area contributed by atoms with E-state index < -0.39 is 0 Å². The minimum Gasteiger partial charge on any atom is -0.489 e. The van der Waals surface area contributed by atoms with E-state index in [9.17, 15) is 4.79 Å². The summed E-state index contributed by atoms with van der Waals surface area (Å²) < 4.78 is 5.60. The van der Waals surface area contributed by atoms with E-state index >= 15 is 0 Å². The normalized spacial score (nSPS) is 10.6. The quantitative estimate of drug-likeness (QED) is 0.556. The molecule has 2 nitrogen and oxygen atoms in total. The van der Waals surface area contributed by atoms with Crippen LogP contribution in [0.25, 0.3) is 0 Å². The molecule has 0 heterocycles. The molecule has 1 rings (SSSR count). The number of rotatable bonds is 4. The van der Waals surface area contributed by atoms with Crippen molar-refractivity contribution in [2.24, 2.45) is 0 Å². The van der Waals surface area contributed by atoms with E-state index in [0.29, 0.717) is 12.2 Å². The molecule has 0 N–H and O–H groups in total. The lowest BCUT2D eigenvalue weighted by atomic mass is 10.1. The number of hydrogen-bond donors (Lipinski definition) is 0. The van der Waals surface area contributed by atoms with Crippen LogP contribution in [0.1, 0.15) is 28.4 Å². The third kappa shape index (κ3) is 2.94. The molecule has 0 fully saturated rings. The van der Waals surface area contributed by atoms with Gasteiger partial charge in [-0.1, -0.05) is 12.2 Å². The predicted molar refractivity (Wildman–Crippen MR) is 61.6 cm³/mol. The lowest BCUT2D eigenvalue weighted by Gasteiger charge is -2.11. The first-order chi connectivity index (χ1) is 7.19. The van der Waals surface area contributed by atoms with Gasteiger partial charge in [-0.2, -0.15) is 0 Å². The molecule has 0 radical (unpaired) electrons. The van der Waals surface area contributed by atoms with Crippen LogP contribution in [0.5, 0.6) is 5.75 Å². The Morgan fingerprint density at radius 1 is 1.27 bits per heavy atom. The fourth-order valence-electron chi connectivity index (χ4n) is 1.51. The standard InChI is InChI=1S/C13H16O2/c1-4-5-6-15-13-10(2)7-12(9-14)8-11(13)3/h4-5,7-9H,6H2,1-3H3/b5-4+. The van der Waals surface area contributed by atoms with Crippen LogP contribution in [-0.2, 0) is 0 Å². The number of carbonyl (C=O) groups excluding carboxylic acids is 1. The van der Waals surface area contributed by atoms with Crippen LogP contribution in [-0.4, -0.2) is 12.9 Å². The molecule has 1 aromatic carbocycles. The first-order valence-corrected chi connectivity index (χ1v) is 4.99. The summed E-state index contributed by atoms with van der Waals surface area (Å²) in [5.74, 6) is 0.874. The Labute approximate surface area is 90.6 Å². The Hall–Kier alpha value is -1.57. The molecule has 0 saturated heterocycles. The summed E-state index contributed by atoms with van der Waals surface area (Å²) in [5.41, 5.74) is 2.70. The van der Waals surface area contributed by atoms with E-state index in [1.165, 1.54) is 0 Å². The van der Waals surface area contributed by atoms with E-state index in [2.05, 4.69) is 0 Å². The first kappa shape index (κ1) is 11.5. The second-order valence-corrected chi connectivity index (χ2v) is 3.48. The Balaban J connectivity index is 2.92. The van der Waals surface area contributed by atoms with Crippen molar-refractivity contribution < 1.29 is 9.53 Å². The lowest BCUT2D eigenvalue weighted by molar-refractivity contribution is 0.112. The zero-order valence-electron chi connectivity index (χ0n) is 9.41. The van der Waals surface area contributed by atoms with Gasteiger partial charge in [0.15, 0.2) is 0 Å². The largest absolute Gasteiger partial charge is 0.489 e. The molecule has 0 saturated carbocycles. The molecule has 1 aromatic rings. The van der Waals surface area contributed by atoms with Gasteiger partial charge >= 0.3 is 0 Å². The summed E-state index contributed by atoms with van der Waals surface area (Å²) in [4.78, 5) is 10.6. The lowest BCUT2D eigenvalue weighted by Crippen LogP contribution is -1.99. The fraction of sp³-hybridized carbons (Fsp3) is 0.308. The van der Waals surface area contributed by atoms with Crippen molar-refractivity contribution in [3.63, 3.8) is 0 Å². The minimum atomic E-state index is 0.568. The van der Waals surface area contributed by atoms with Crippen molar-refractivity contribution in [3.8, 4) is 5.75 Å². The van der Waals surface area contributed by atoms with Crippen molar-refractivity contribution >= 4 is 6.29 Å². The fourth-order valence-corrected chi connectivity index (χ4v) is 1.51.